The van der Waals surface area contributed by atoms with Gasteiger partial charge in [0.2, 0.25) is 0 Å². The SMILES string of the molecule is Cn1cnc(S(=O)(=O)Nc2c(N)cc(Br)cc2Br)c1. The van der Waals surface area contributed by atoms with Gasteiger partial charge in [0.15, 0.2) is 5.03 Å². The lowest BCUT2D eigenvalue weighted by atomic mass is 10.3. The Morgan fingerprint density at radius 1 is 1.37 bits per heavy atom. The second kappa shape index (κ2) is 5.14. The van der Waals surface area contributed by atoms with Gasteiger partial charge in [0, 0.05) is 22.2 Å². The number of nitrogen functional groups attached to an aromatic ring is 1. The minimum atomic E-state index is -3.76. The summed E-state index contributed by atoms with van der Waals surface area (Å²) < 4.78 is 29.5. The molecule has 0 atom stereocenters. The molecule has 102 valence electrons. The maximum Gasteiger partial charge on any atom is 0.281 e. The number of hydrogen-bond acceptors (Lipinski definition) is 4. The van der Waals surface area contributed by atoms with Gasteiger partial charge >= 0.3 is 0 Å². The second-order valence-electron chi connectivity index (χ2n) is 3.83. The highest BCUT2D eigenvalue weighted by Gasteiger charge is 2.20. The molecule has 1 heterocycles. The number of imidazole rings is 1. The summed E-state index contributed by atoms with van der Waals surface area (Å²) in [5.41, 5.74) is 6.39. The van der Waals surface area contributed by atoms with E-state index < -0.39 is 10.0 Å². The summed E-state index contributed by atoms with van der Waals surface area (Å²) in [6.45, 7) is 0. The molecular formula is C10H10Br2N4O2S. The smallest absolute Gasteiger partial charge is 0.281 e. The Morgan fingerprint density at radius 3 is 2.58 bits per heavy atom. The number of aryl methyl sites for hydroxylation is 1. The molecule has 0 bridgehead atoms. The van der Waals surface area contributed by atoms with Gasteiger partial charge in [-0.05, 0) is 28.1 Å². The summed E-state index contributed by atoms with van der Waals surface area (Å²) >= 11 is 6.54. The number of aromatic nitrogens is 2. The number of nitrogens with zero attached hydrogens (tertiary/aromatic N) is 2. The molecule has 6 nitrogen and oxygen atoms in total. The Kier molecular flexibility index (Phi) is 3.88. The largest absolute Gasteiger partial charge is 0.397 e. The predicted molar refractivity (Wildman–Crippen MR) is 80.3 cm³/mol. The third kappa shape index (κ3) is 3.10. The molecule has 0 aliphatic heterocycles. The molecule has 0 radical (unpaired) electrons. The fraction of sp³-hybridized carbons (Fsp3) is 0.100. The highest BCUT2D eigenvalue weighted by Crippen LogP contribution is 2.33. The number of halogens is 2. The van der Waals surface area contributed by atoms with Crippen molar-refractivity contribution < 1.29 is 8.42 Å². The van der Waals surface area contributed by atoms with Crippen LogP contribution in [0.4, 0.5) is 11.4 Å². The molecule has 3 N–H and O–H groups in total. The first-order valence-corrected chi connectivity index (χ1v) is 8.12. The minimum absolute atomic E-state index is 0.0655. The number of anilines is 2. The van der Waals surface area contributed by atoms with Gasteiger partial charge in [-0.25, -0.2) is 4.98 Å². The number of rotatable bonds is 3. The molecule has 2 aromatic rings. The molecule has 9 heteroatoms. The lowest BCUT2D eigenvalue weighted by Crippen LogP contribution is -2.15. The summed E-state index contributed by atoms with van der Waals surface area (Å²) in [6.07, 6.45) is 2.82. The van der Waals surface area contributed by atoms with E-state index in [1.807, 2.05) is 0 Å². The summed E-state index contributed by atoms with van der Waals surface area (Å²) in [5, 5.41) is -0.0655. The van der Waals surface area contributed by atoms with E-state index >= 15 is 0 Å². The van der Waals surface area contributed by atoms with E-state index in [4.69, 9.17) is 5.73 Å². The topological polar surface area (TPSA) is 90.0 Å². The van der Waals surface area contributed by atoms with Gasteiger partial charge in [-0.1, -0.05) is 15.9 Å². The highest BCUT2D eigenvalue weighted by atomic mass is 79.9. The fourth-order valence-corrected chi connectivity index (χ4v) is 4.00. The summed E-state index contributed by atoms with van der Waals surface area (Å²) in [4.78, 5) is 3.81. The molecule has 2 rings (SSSR count). The molecule has 0 aliphatic rings. The quantitative estimate of drug-likeness (QED) is 0.761. The van der Waals surface area contributed by atoms with Gasteiger partial charge in [-0.15, -0.1) is 0 Å². The lowest BCUT2D eigenvalue weighted by molar-refractivity contribution is 0.598. The second-order valence-corrected chi connectivity index (χ2v) is 7.23. The van der Waals surface area contributed by atoms with E-state index in [0.717, 1.165) is 4.47 Å². The van der Waals surface area contributed by atoms with Gasteiger partial charge in [0.1, 0.15) is 0 Å². The van der Waals surface area contributed by atoms with E-state index in [1.54, 1.807) is 23.7 Å². The van der Waals surface area contributed by atoms with Crippen LogP contribution in [0.15, 0.2) is 38.6 Å². The van der Waals surface area contributed by atoms with E-state index in [1.165, 1.54) is 12.5 Å². The average Bonchev–Trinajstić information content (AvgIpc) is 2.71. The molecule has 0 fully saturated rings. The Labute approximate surface area is 127 Å². The molecule has 0 unspecified atom stereocenters. The van der Waals surface area contributed by atoms with Crippen molar-refractivity contribution in [1.82, 2.24) is 9.55 Å². The molecule has 0 saturated heterocycles. The van der Waals surface area contributed by atoms with Crippen molar-refractivity contribution in [2.24, 2.45) is 7.05 Å². The number of benzene rings is 1. The van der Waals surface area contributed by atoms with Crippen LogP contribution >= 0.6 is 31.9 Å². The zero-order chi connectivity index (χ0) is 14.2. The summed E-state index contributed by atoms with van der Waals surface area (Å²) in [6, 6.07) is 3.31. The summed E-state index contributed by atoms with van der Waals surface area (Å²) in [5.74, 6) is 0. The fourth-order valence-electron chi connectivity index (χ4n) is 1.42. The van der Waals surface area contributed by atoms with Crippen LogP contribution in [0.5, 0.6) is 0 Å². The minimum Gasteiger partial charge on any atom is -0.397 e. The molecule has 1 aromatic heterocycles. The number of nitrogens with two attached hydrogens (primary N) is 1. The van der Waals surface area contributed by atoms with Crippen LogP contribution in [0.1, 0.15) is 0 Å². The first-order chi connectivity index (χ1) is 8.79. The normalized spacial score (nSPS) is 11.5. The Morgan fingerprint density at radius 2 is 2.05 bits per heavy atom. The predicted octanol–water partition coefficient (Wildman–Crippen LogP) is 2.33. The van der Waals surface area contributed by atoms with Crippen molar-refractivity contribution >= 4 is 53.3 Å². The lowest BCUT2D eigenvalue weighted by Gasteiger charge is -2.11. The van der Waals surface area contributed by atoms with Crippen molar-refractivity contribution in [2.45, 2.75) is 5.03 Å². The first kappa shape index (κ1) is 14.4. The Balaban J connectivity index is 2.41. The van der Waals surface area contributed by atoms with Crippen LogP contribution in [-0.4, -0.2) is 18.0 Å². The molecule has 0 amide bonds. The number of hydrogen-bond donors (Lipinski definition) is 2. The summed E-state index contributed by atoms with van der Waals surface area (Å²) in [7, 11) is -2.07. The van der Waals surface area contributed by atoms with Crippen molar-refractivity contribution in [3.63, 3.8) is 0 Å². The van der Waals surface area contributed by atoms with E-state index in [2.05, 4.69) is 41.6 Å². The van der Waals surface area contributed by atoms with E-state index in [0.29, 0.717) is 10.2 Å². The van der Waals surface area contributed by atoms with Crippen molar-refractivity contribution in [1.29, 1.82) is 0 Å². The molecular weight excluding hydrogens is 400 g/mol. The monoisotopic (exact) mass is 408 g/mol. The van der Waals surface area contributed by atoms with Crippen molar-refractivity contribution in [3.05, 3.63) is 33.6 Å². The van der Waals surface area contributed by atoms with E-state index in [-0.39, 0.29) is 10.7 Å². The zero-order valence-corrected chi connectivity index (χ0v) is 13.8. The van der Waals surface area contributed by atoms with Crippen LogP contribution in [0.25, 0.3) is 0 Å². The Hall–Kier alpha value is -1.06. The highest BCUT2D eigenvalue weighted by molar-refractivity contribution is 9.11. The number of sulfonamides is 1. The van der Waals surface area contributed by atoms with Crippen LogP contribution in [0.2, 0.25) is 0 Å². The third-order valence-corrected chi connectivity index (χ3v) is 4.60. The molecule has 19 heavy (non-hydrogen) atoms. The molecule has 0 spiro atoms. The molecule has 0 saturated carbocycles. The van der Waals surface area contributed by atoms with Crippen LogP contribution < -0.4 is 10.5 Å². The van der Waals surface area contributed by atoms with Crippen LogP contribution in [-0.2, 0) is 17.1 Å². The van der Waals surface area contributed by atoms with Crippen molar-refractivity contribution in [3.8, 4) is 0 Å². The Bertz CT molecular complexity index is 704. The molecule has 1 aromatic carbocycles. The average molecular weight is 410 g/mol. The maximum atomic E-state index is 12.1. The van der Waals surface area contributed by atoms with Crippen molar-refractivity contribution in [2.75, 3.05) is 10.5 Å². The number of nitrogens with one attached hydrogen (secondary N) is 1. The van der Waals surface area contributed by atoms with E-state index in [9.17, 15) is 8.42 Å². The zero-order valence-electron chi connectivity index (χ0n) is 9.76. The molecule has 0 aliphatic carbocycles. The van der Waals surface area contributed by atoms with Gasteiger partial charge < -0.3 is 10.3 Å². The van der Waals surface area contributed by atoms with Crippen LogP contribution in [0.3, 0.4) is 0 Å². The van der Waals surface area contributed by atoms with Gasteiger partial charge in [-0.3, -0.25) is 4.72 Å². The van der Waals surface area contributed by atoms with Crippen LogP contribution in [0, 0.1) is 0 Å². The van der Waals surface area contributed by atoms with Gasteiger partial charge in [-0.2, -0.15) is 8.42 Å². The van der Waals surface area contributed by atoms with Gasteiger partial charge in [0.25, 0.3) is 10.0 Å². The third-order valence-electron chi connectivity index (χ3n) is 2.28. The maximum absolute atomic E-state index is 12.1. The van der Waals surface area contributed by atoms with Gasteiger partial charge in [0.05, 0.1) is 17.7 Å². The standard InChI is InChI=1S/C10H10Br2N4O2S/c1-16-4-9(14-5-16)19(17,18)15-10-7(12)2-6(11)3-8(10)13/h2-5,15H,13H2,1H3. The first-order valence-electron chi connectivity index (χ1n) is 5.05.